The Labute approximate surface area is 155 Å². The van der Waals surface area contributed by atoms with Crippen LogP contribution >= 0.6 is 0 Å². The number of hydrogen-bond donors (Lipinski definition) is 0. The van der Waals surface area contributed by atoms with Crippen LogP contribution in [0.1, 0.15) is 16.8 Å². The van der Waals surface area contributed by atoms with Crippen LogP contribution in [0.3, 0.4) is 0 Å². The molecule has 0 saturated heterocycles. The molecular formula is C20H17N5O2. The zero-order valence-corrected chi connectivity index (χ0v) is 14.8. The number of pyridine rings is 1. The molecule has 0 radical (unpaired) electrons. The van der Waals surface area contributed by atoms with Gasteiger partial charge in [0.25, 0.3) is 5.91 Å². The van der Waals surface area contributed by atoms with Crippen molar-refractivity contribution in [3.05, 3.63) is 54.6 Å². The zero-order valence-electron chi connectivity index (χ0n) is 14.8. The molecule has 3 heterocycles. The second-order valence-corrected chi connectivity index (χ2v) is 6.51. The number of rotatable bonds is 5. The van der Waals surface area contributed by atoms with E-state index in [9.17, 15) is 4.79 Å². The van der Waals surface area contributed by atoms with Crippen molar-refractivity contribution in [2.45, 2.75) is 13.0 Å². The van der Waals surface area contributed by atoms with Crippen molar-refractivity contribution in [3.63, 3.8) is 0 Å². The average Bonchev–Trinajstić information content (AvgIpc) is 3.31. The summed E-state index contributed by atoms with van der Waals surface area (Å²) in [7, 11) is 1.62. The maximum atomic E-state index is 13.3. The van der Waals surface area contributed by atoms with Gasteiger partial charge in [-0.3, -0.25) is 9.48 Å². The number of ether oxygens (including phenoxy) is 1. The quantitative estimate of drug-likeness (QED) is 0.512. The summed E-state index contributed by atoms with van der Waals surface area (Å²) in [6.45, 7) is 1.32. The van der Waals surface area contributed by atoms with Crippen molar-refractivity contribution in [1.82, 2.24) is 19.7 Å². The Morgan fingerprint density at radius 2 is 2.04 bits per heavy atom. The highest BCUT2D eigenvalue weighted by Crippen LogP contribution is 2.40. The largest absolute Gasteiger partial charge is 0.497 e. The van der Waals surface area contributed by atoms with E-state index in [0.717, 1.165) is 39.7 Å². The lowest BCUT2D eigenvalue weighted by Crippen LogP contribution is -2.28. The van der Waals surface area contributed by atoms with E-state index in [1.165, 1.54) is 6.33 Å². The second-order valence-electron chi connectivity index (χ2n) is 6.51. The molecule has 0 atom stereocenters. The molecule has 4 aromatic rings. The Kier molecular flexibility index (Phi) is 3.53. The number of carbonyl (C=O) groups excluding carboxylic acids is 1. The van der Waals surface area contributed by atoms with Crippen molar-refractivity contribution in [2.24, 2.45) is 0 Å². The van der Waals surface area contributed by atoms with E-state index >= 15 is 0 Å². The summed E-state index contributed by atoms with van der Waals surface area (Å²) in [6, 6.07) is 11.6. The van der Waals surface area contributed by atoms with Crippen LogP contribution < -0.4 is 9.64 Å². The zero-order chi connectivity index (χ0) is 18.4. The van der Waals surface area contributed by atoms with E-state index < -0.39 is 0 Å². The van der Waals surface area contributed by atoms with E-state index in [1.54, 1.807) is 18.1 Å². The summed E-state index contributed by atoms with van der Waals surface area (Å²) < 4.78 is 7.12. The summed E-state index contributed by atoms with van der Waals surface area (Å²) >= 11 is 0. The number of methoxy groups -OCH3 is 1. The van der Waals surface area contributed by atoms with E-state index in [-0.39, 0.29) is 5.91 Å². The van der Waals surface area contributed by atoms with Crippen molar-refractivity contribution >= 4 is 33.4 Å². The average molecular weight is 359 g/mol. The summed E-state index contributed by atoms with van der Waals surface area (Å²) in [4.78, 5) is 23.8. The van der Waals surface area contributed by atoms with Gasteiger partial charge in [0.15, 0.2) is 0 Å². The number of hydrogen-bond acceptors (Lipinski definition) is 5. The number of carbonyl (C=O) groups is 1. The molecule has 7 nitrogen and oxygen atoms in total. The molecule has 1 amide bonds. The van der Waals surface area contributed by atoms with Crippen molar-refractivity contribution in [3.8, 4) is 5.75 Å². The minimum Gasteiger partial charge on any atom is -0.497 e. The predicted molar refractivity (Wildman–Crippen MR) is 102 cm³/mol. The Morgan fingerprint density at radius 3 is 2.85 bits per heavy atom. The standard InChI is InChI=1S/C20H17N5O2/c1-27-13-6-7-15-14(10-13)18-19-16(23-15)4-2-5-17(19)25(20(18)26)9-3-8-24-12-21-11-22-24/h2,4-7,10-12H,3,8-9H2,1H3. The monoisotopic (exact) mass is 359 g/mol. The lowest BCUT2D eigenvalue weighted by Gasteiger charge is -2.17. The van der Waals surface area contributed by atoms with Gasteiger partial charge in [-0.2, -0.15) is 5.10 Å². The van der Waals surface area contributed by atoms with Crippen LogP contribution in [-0.2, 0) is 6.54 Å². The van der Waals surface area contributed by atoms with Crippen LogP contribution in [0, 0.1) is 0 Å². The molecule has 0 fully saturated rings. The maximum absolute atomic E-state index is 13.3. The number of amides is 1. The first kappa shape index (κ1) is 15.7. The van der Waals surface area contributed by atoms with Crippen LogP contribution in [0.2, 0.25) is 0 Å². The van der Waals surface area contributed by atoms with Gasteiger partial charge in [-0.25, -0.2) is 9.97 Å². The third-order valence-corrected chi connectivity index (χ3v) is 4.97. The predicted octanol–water partition coefficient (Wildman–Crippen LogP) is 3.04. The summed E-state index contributed by atoms with van der Waals surface area (Å²) in [5.74, 6) is 0.732. The fraction of sp³-hybridized carbons (Fsp3) is 0.200. The summed E-state index contributed by atoms with van der Waals surface area (Å²) in [6.07, 6.45) is 3.99. The minimum absolute atomic E-state index is 0.0143. The fourth-order valence-corrected chi connectivity index (χ4v) is 3.73. The number of benzene rings is 2. The molecule has 0 bridgehead atoms. The maximum Gasteiger partial charge on any atom is 0.259 e. The molecule has 134 valence electrons. The molecular weight excluding hydrogens is 342 g/mol. The van der Waals surface area contributed by atoms with Crippen LogP contribution in [0.25, 0.3) is 21.8 Å². The van der Waals surface area contributed by atoms with Gasteiger partial charge in [-0.05, 0) is 36.8 Å². The summed E-state index contributed by atoms with van der Waals surface area (Å²) in [5.41, 5.74) is 3.27. The molecule has 0 aliphatic carbocycles. The molecule has 1 aliphatic rings. The number of fused-ring (bicyclic) bond motifs is 2. The highest BCUT2D eigenvalue weighted by molar-refractivity contribution is 6.30. The van der Waals surface area contributed by atoms with Crippen LogP contribution in [-0.4, -0.2) is 39.3 Å². The highest BCUT2D eigenvalue weighted by Gasteiger charge is 2.32. The van der Waals surface area contributed by atoms with Gasteiger partial charge in [-0.1, -0.05) is 6.07 Å². The topological polar surface area (TPSA) is 73.1 Å². The Balaban J connectivity index is 1.58. The van der Waals surface area contributed by atoms with Gasteiger partial charge < -0.3 is 9.64 Å². The molecule has 2 aromatic carbocycles. The molecule has 27 heavy (non-hydrogen) atoms. The molecule has 0 saturated carbocycles. The van der Waals surface area contributed by atoms with Gasteiger partial charge >= 0.3 is 0 Å². The molecule has 0 N–H and O–H groups in total. The third kappa shape index (κ3) is 2.43. The number of aryl methyl sites for hydroxylation is 1. The van der Waals surface area contributed by atoms with Gasteiger partial charge in [0.2, 0.25) is 0 Å². The fourth-order valence-electron chi connectivity index (χ4n) is 3.73. The van der Waals surface area contributed by atoms with Gasteiger partial charge in [0.1, 0.15) is 18.4 Å². The third-order valence-electron chi connectivity index (χ3n) is 4.97. The van der Waals surface area contributed by atoms with Gasteiger partial charge in [-0.15, -0.1) is 0 Å². The number of nitrogens with zero attached hydrogens (tertiary/aromatic N) is 5. The highest BCUT2D eigenvalue weighted by atomic mass is 16.5. The molecule has 0 unspecified atom stereocenters. The van der Waals surface area contributed by atoms with E-state index in [0.29, 0.717) is 18.7 Å². The smallest absolute Gasteiger partial charge is 0.259 e. The van der Waals surface area contributed by atoms with E-state index in [1.807, 2.05) is 41.3 Å². The number of anilines is 1. The van der Waals surface area contributed by atoms with Gasteiger partial charge in [0, 0.05) is 23.9 Å². The normalized spacial score (nSPS) is 13.1. The molecule has 1 aliphatic heterocycles. The first-order valence-electron chi connectivity index (χ1n) is 8.81. The molecule has 2 aromatic heterocycles. The lowest BCUT2D eigenvalue weighted by atomic mass is 10.0. The number of aromatic nitrogens is 4. The van der Waals surface area contributed by atoms with Crippen LogP contribution in [0.5, 0.6) is 5.75 Å². The van der Waals surface area contributed by atoms with Crippen LogP contribution in [0.15, 0.2) is 49.1 Å². The molecule has 7 heteroatoms. The Hall–Kier alpha value is -3.48. The second kappa shape index (κ2) is 6.05. The molecule has 0 spiro atoms. The van der Waals surface area contributed by atoms with Crippen LogP contribution in [0.4, 0.5) is 5.69 Å². The first-order valence-corrected chi connectivity index (χ1v) is 8.81. The summed E-state index contributed by atoms with van der Waals surface area (Å²) in [5, 5.41) is 5.87. The minimum atomic E-state index is 0.0143. The van der Waals surface area contributed by atoms with Gasteiger partial charge in [0.05, 0.1) is 29.4 Å². The van der Waals surface area contributed by atoms with E-state index in [4.69, 9.17) is 9.72 Å². The lowest BCUT2D eigenvalue weighted by molar-refractivity contribution is 0.0994. The van der Waals surface area contributed by atoms with E-state index in [2.05, 4.69) is 10.1 Å². The Bertz CT molecular complexity index is 1170. The molecule has 5 rings (SSSR count). The van der Waals surface area contributed by atoms with Crippen molar-refractivity contribution in [2.75, 3.05) is 18.6 Å². The Morgan fingerprint density at radius 1 is 1.11 bits per heavy atom. The SMILES string of the molecule is COc1ccc2nc3cccc4c3c(c2c1)C(=O)N4CCCn1cncn1. The van der Waals surface area contributed by atoms with Crippen molar-refractivity contribution in [1.29, 1.82) is 0 Å². The first-order chi connectivity index (χ1) is 13.3. The van der Waals surface area contributed by atoms with Crippen molar-refractivity contribution < 1.29 is 9.53 Å².